The van der Waals surface area contributed by atoms with Gasteiger partial charge in [-0.15, -0.1) is 11.3 Å². The third-order valence-corrected chi connectivity index (χ3v) is 7.24. The van der Waals surface area contributed by atoms with Crippen molar-refractivity contribution in [1.82, 2.24) is 24.8 Å². The van der Waals surface area contributed by atoms with E-state index in [0.29, 0.717) is 22.7 Å². The summed E-state index contributed by atoms with van der Waals surface area (Å²) in [5, 5.41) is 15.1. The lowest BCUT2D eigenvalue weighted by molar-refractivity contribution is 0.471. The Hall–Kier alpha value is -3.08. The first-order valence-electron chi connectivity index (χ1n) is 11.3. The smallest absolute Gasteiger partial charge is 0.356 e. The number of phenolic OH excluding ortho intramolecular Hbond substituents is 1. The molecule has 1 aliphatic rings. The Morgan fingerprint density at radius 3 is 2.83 bits per heavy atom. The third-order valence-electron chi connectivity index (χ3n) is 6.13. The molecule has 0 amide bonds. The summed E-state index contributed by atoms with van der Waals surface area (Å²) in [4.78, 5) is 29.2. The fourth-order valence-electron chi connectivity index (χ4n) is 4.40. The van der Waals surface area contributed by atoms with Gasteiger partial charge in [0, 0.05) is 25.7 Å². The number of aromatic nitrogens is 4. The molecule has 4 heterocycles. The van der Waals surface area contributed by atoms with Crippen molar-refractivity contribution >= 4 is 39.8 Å². The highest BCUT2D eigenvalue weighted by molar-refractivity contribution is 7.12. The molecule has 35 heavy (non-hydrogen) atoms. The monoisotopic (exact) mass is 514 g/mol. The largest absolute Gasteiger partial charge is 0.507 e. The summed E-state index contributed by atoms with van der Waals surface area (Å²) in [7, 11) is 0. The van der Waals surface area contributed by atoms with Crippen molar-refractivity contribution in [3.8, 4) is 22.0 Å². The van der Waals surface area contributed by atoms with Crippen molar-refractivity contribution in [2.75, 3.05) is 24.5 Å². The first-order chi connectivity index (χ1) is 16.8. The molecule has 4 aromatic rings. The molecule has 1 aromatic carbocycles. The maximum Gasteiger partial charge on any atom is 0.356 e. The van der Waals surface area contributed by atoms with Crippen LogP contribution in [0.5, 0.6) is 5.75 Å². The first kappa shape index (κ1) is 23.7. The van der Waals surface area contributed by atoms with Crippen molar-refractivity contribution in [3.05, 3.63) is 56.8 Å². The topological polar surface area (TPSA) is 96.2 Å². The molecule has 0 spiro atoms. The zero-order valence-corrected chi connectivity index (χ0v) is 21.0. The van der Waals surface area contributed by atoms with Crippen LogP contribution < -0.4 is 15.9 Å². The highest BCUT2D eigenvalue weighted by Crippen LogP contribution is 2.39. The third kappa shape index (κ3) is 4.05. The van der Waals surface area contributed by atoms with E-state index in [-0.39, 0.29) is 39.6 Å². The summed E-state index contributed by atoms with van der Waals surface area (Å²) in [6.07, 6.45) is 0. The van der Waals surface area contributed by atoms with Gasteiger partial charge in [0.05, 0.1) is 32.9 Å². The molecule has 0 saturated carbocycles. The number of phenols is 1. The average Bonchev–Trinajstić information content (AvgIpc) is 3.29. The standard InChI is InChI=1S/C24H24ClFN6O2S/c1-12(2)19-23(35-11-28-19)32-22-14(21(30-24(32)34)31-8-7-27-10-13(31)3)9-15(25)20(29-22)18-16(26)5-4-6-17(18)33/h4-6,9,11-13,27,33H,7-8,10H2,1-3H3/t13-/m0/s1. The molecule has 11 heteroatoms. The summed E-state index contributed by atoms with van der Waals surface area (Å²) in [5.41, 5.74) is 2.09. The van der Waals surface area contributed by atoms with E-state index in [1.165, 1.54) is 34.1 Å². The summed E-state index contributed by atoms with van der Waals surface area (Å²) >= 11 is 7.94. The van der Waals surface area contributed by atoms with E-state index >= 15 is 0 Å². The molecular formula is C24H24ClFN6O2S. The number of nitrogens with zero attached hydrogens (tertiary/aromatic N) is 5. The molecular weight excluding hydrogens is 491 g/mol. The molecule has 182 valence electrons. The number of piperazine rings is 1. The fraction of sp³-hybridized carbons (Fsp3) is 0.333. The Morgan fingerprint density at radius 2 is 2.11 bits per heavy atom. The lowest BCUT2D eigenvalue weighted by Crippen LogP contribution is -2.50. The molecule has 0 radical (unpaired) electrons. The molecule has 8 nitrogen and oxygen atoms in total. The van der Waals surface area contributed by atoms with Gasteiger partial charge in [-0.1, -0.05) is 31.5 Å². The van der Waals surface area contributed by atoms with E-state index in [0.717, 1.165) is 18.8 Å². The molecule has 1 saturated heterocycles. The lowest BCUT2D eigenvalue weighted by atomic mass is 10.1. The Balaban J connectivity index is 1.88. The highest BCUT2D eigenvalue weighted by atomic mass is 35.5. The number of benzene rings is 1. The van der Waals surface area contributed by atoms with Gasteiger partial charge >= 0.3 is 5.69 Å². The minimum Gasteiger partial charge on any atom is -0.507 e. The van der Waals surface area contributed by atoms with Crippen LogP contribution in [-0.4, -0.2) is 50.3 Å². The van der Waals surface area contributed by atoms with Crippen LogP contribution in [0.25, 0.3) is 27.3 Å². The van der Waals surface area contributed by atoms with Gasteiger partial charge in [-0.3, -0.25) is 0 Å². The van der Waals surface area contributed by atoms with Crippen LogP contribution in [0.2, 0.25) is 5.02 Å². The van der Waals surface area contributed by atoms with Crippen molar-refractivity contribution in [2.45, 2.75) is 32.7 Å². The quantitative estimate of drug-likeness (QED) is 0.418. The van der Waals surface area contributed by atoms with Gasteiger partial charge in [-0.2, -0.15) is 4.98 Å². The van der Waals surface area contributed by atoms with E-state index < -0.39 is 11.5 Å². The number of hydrogen-bond acceptors (Lipinski definition) is 8. The number of pyridine rings is 1. The zero-order chi connectivity index (χ0) is 24.9. The number of aromatic hydroxyl groups is 1. The van der Waals surface area contributed by atoms with Crippen LogP contribution in [-0.2, 0) is 0 Å². The van der Waals surface area contributed by atoms with E-state index in [1.54, 1.807) is 11.6 Å². The second-order valence-electron chi connectivity index (χ2n) is 8.82. The maximum atomic E-state index is 14.8. The maximum absolute atomic E-state index is 14.8. The van der Waals surface area contributed by atoms with E-state index in [1.807, 2.05) is 20.8 Å². The molecule has 1 fully saturated rings. The molecule has 1 atom stereocenters. The predicted molar refractivity (Wildman–Crippen MR) is 137 cm³/mol. The second kappa shape index (κ2) is 9.18. The van der Waals surface area contributed by atoms with Gasteiger partial charge in [0.25, 0.3) is 0 Å². The van der Waals surface area contributed by atoms with Crippen LogP contribution in [0, 0.1) is 5.82 Å². The molecule has 0 unspecified atom stereocenters. The Labute approximate surface area is 210 Å². The van der Waals surface area contributed by atoms with Crippen LogP contribution in [0.3, 0.4) is 0 Å². The zero-order valence-electron chi connectivity index (χ0n) is 19.4. The molecule has 3 aromatic heterocycles. The van der Waals surface area contributed by atoms with E-state index in [2.05, 4.69) is 20.2 Å². The van der Waals surface area contributed by atoms with Gasteiger partial charge in [-0.05, 0) is 31.0 Å². The van der Waals surface area contributed by atoms with Gasteiger partial charge in [-0.25, -0.2) is 23.7 Å². The van der Waals surface area contributed by atoms with Gasteiger partial charge in [0.15, 0.2) is 5.65 Å². The molecule has 5 rings (SSSR count). The summed E-state index contributed by atoms with van der Waals surface area (Å²) in [6, 6.07) is 5.73. The molecule has 1 aliphatic heterocycles. The normalized spacial score (nSPS) is 16.4. The van der Waals surface area contributed by atoms with E-state index in [9.17, 15) is 14.3 Å². The number of halogens is 2. The molecule has 2 N–H and O–H groups in total. The van der Waals surface area contributed by atoms with E-state index in [4.69, 9.17) is 16.6 Å². The number of rotatable bonds is 4. The minimum atomic E-state index is -0.668. The van der Waals surface area contributed by atoms with Crippen molar-refractivity contribution in [3.63, 3.8) is 0 Å². The minimum absolute atomic E-state index is 0.0454. The average molecular weight is 515 g/mol. The number of nitrogens with one attached hydrogen (secondary N) is 1. The Morgan fingerprint density at radius 1 is 1.31 bits per heavy atom. The Kier molecular flexibility index (Phi) is 6.20. The summed E-state index contributed by atoms with van der Waals surface area (Å²) < 4.78 is 16.2. The van der Waals surface area contributed by atoms with Crippen LogP contribution in [0.4, 0.5) is 10.2 Å². The van der Waals surface area contributed by atoms with Gasteiger partial charge in [0.1, 0.15) is 22.4 Å². The molecule has 0 aliphatic carbocycles. The Bertz CT molecular complexity index is 1470. The number of anilines is 1. The van der Waals surface area contributed by atoms with Crippen molar-refractivity contribution in [1.29, 1.82) is 0 Å². The van der Waals surface area contributed by atoms with Crippen LogP contribution in [0.15, 0.2) is 34.6 Å². The first-order valence-corrected chi connectivity index (χ1v) is 12.6. The summed E-state index contributed by atoms with van der Waals surface area (Å²) in [6.45, 7) is 8.16. The number of fused-ring (bicyclic) bond motifs is 1. The fourth-order valence-corrected chi connectivity index (χ4v) is 5.59. The van der Waals surface area contributed by atoms with Gasteiger partial charge < -0.3 is 15.3 Å². The van der Waals surface area contributed by atoms with Gasteiger partial charge in [0.2, 0.25) is 0 Å². The lowest BCUT2D eigenvalue weighted by Gasteiger charge is -2.35. The van der Waals surface area contributed by atoms with Crippen molar-refractivity contribution < 1.29 is 9.50 Å². The van der Waals surface area contributed by atoms with Crippen molar-refractivity contribution in [2.24, 2.45) is 0 Å². The molecule has 0 bridgehead atoms. The SMILES string of the molecule is CC(C)c1ncsc1-n1c(=O)nc(N2CCNC[C@@H]2C)c2cc(Cl)c(-c3c(O)cccc3F)nc21. The second-order valence-corrected chi connectivity index (χ2v) is 10.1. The number of thiazole rings is 1. The van der Waals surface area contributed by atoms with Crippen LogP contribution in [0.1, 0.15) is 32.4 Å². The summed E-state index contributed by atoms with van der Waals surface area (Å²) in [5.74, 6) is -0.436. The van der Waals surface area contributed by atoms with Crippen LogP contribution >= 0.6 is 22.9 Å². The predicted octanol–water partition coefficient (Wildman–Crippen LogP) is 4.32. The highest BCUT2D eigenvalue weighted by Gasteiger charge is 2.27. The number of hydrogen-bond donors (Lipinski definition) is 2.